The molecule has 2 nitrogen and oxygen atoms in total. The van der Waals surface area contributed by atoms with Crippen LogP contribution in [0, 0.1) is 0 Å². The second-order valence-electron chi connectivity index (χ2n) is 5.16. The van der Waals surface area contributed by atoms with Crippen LogP contribution in [0.3, 0.4) is 0 Å². The maximum absolute atomic E-state index is 3.66. The number of nitrogens with zero attached hydrogens (tertiary/aromatic N) is 1. The molecule has 1 N–H and O–H groups in total. The maximum Gasteiger partial charge on any atom is 0.0343 e. The standard InChI is InChI=1S/C16H27BrN2/c1-5-13(3)19(4)12-11-16(18-6-2)14-9-7-8-10-15(14)17/h7-10,13,16,18H,5-6,11-12H2,1-4H3. The van der Waals surface area contributed by atoms with Gasteiger partial charge in [0.1, 0.15) is 0 Å². The zero-order chi connectivity index (χ0) is 14.3. The van der Waals surface area contributed by atoms with Crippen molar-refractivity contribution in [2.75, 3.05) is 20.1 Å². The normalized spacial score (nSPS) is 14.6. The van der Waals surface area contributed by atoms with Gasteiger partial charge in [-0.1, -0.05) is 48.0 Å². The lowest BCUT2D eigenvalue weighted by molar-refractivity contribution is 0.238. The van der Waals surface area contributed by atoms with Crippen molar-refractivity contribution in [1.82, 2.24) is 10.2 Å². The summed E-state index contributed by atoms with van der Waals surface area (Å²) in [7, 11) is 2.22. The quantitative estimate of drug-likeness (QED) is 0.769. The Morgan fingerprint density at radius 2 is 1.95 bits per heavy atom. The molecule has 0 saturated heterocycles. The monoisotopic (exact) mass is 326 g/mol. The molecule has 2 atom stereocenters. The molecule has 2 unspecified atom stereocenters. The summed E-state index contributed by atoms with van der Waals surface area (Å²) in [6.45, 7) is 8.83. The molecule has 1 rings (SSSR count). The molecule has 0 fully saturated rings. The van der Waals surface area contributed by atoms with Crippen LogP contribution in [0.4, 0.5) is 0 Å². The highest BCUT2D eigenvalue weighted by Gasteiger charge is 2.15. The van der Waals surface area contributed by atoms with Gasteiger partial charge in [-0.05, 0) is 51.5 Å². The number of halogens is 1. The number of benzene rings is 1. The molecule has 19 heavy (non-hydrogen) atoms. The van der Waals surface area contributed by atoms with E-state index >= 15 is 0 Å². The maximum atomic E-state index is 3.66. The van der Waals surface area contributed by atoms with Crippen molar-refractivity contribution in [3.05, 3.63) is 34.3 Å². The van der Waals surface area contributed by atoms with Crippen molar-refractivity contribution in [1.29, 1.82) is 0 Å². The van der Waals surface area contributed by atoms with E-state index in [1.54, 1.807) is 0 Å². The molecule has 3 heteroatoms. The van der Waals surface area contributed by atoms with E-state index in [1.165, 1.54) is 16.5 Å². The van der Waals surface area contributed by atoms with Gasteiger partial charge in [0.2, 0.25) is 0 Å². The van der Waals surface area contributed by atoms with Crippen molar-refractivity contribution >= 4 is 15.9 Å². The van der Waals surface area contributed by atoms with Gasteiger partial charge in [0.15, 0.2) is 0 Å². The third-order valence-corrected chi connectivity index (χ3v) is 4.57. The van der Waals surface area contributed by atoms with Gasteiger partial charge in [-0.3, -0.25) is 0 Å². The smallest absolute Gasteiger partial charge is 0.0343 e. The van der Waals surface area contributed by atoms with Crippen LogP contribution in [0.25, 0.3) is 0 Å². The first-order valence-electron chi connectivity index (χ1n) is 7.28. The number of hydrogen-bond acceptors (Lipinski definition) is 2. The van der Waals surface area contributed by atoms with Crippen LogP contribution in [-0.4, -0.2) is 31.1 Å². The average Bonchev–Trinajstić information content (AvgIpc) is 2.43. The van der Waals surface area contributed by atoms with Gasteiger partial charge >= 0.3 is 0 Å². The van der Waals surface area contributed by atoms with Crippen molar-refractivity contribution in [2.45, 2.75) is 45.7 Å². The van der Waals surface area contributed by atoms with E-state index in [0.29, 0.717) is 12.1 Å². The molecule has 0 aliphatic heterocycles. The summed E-state index contributed by atoms with van der Waals surface area (Å²) in [5.74, 6) is 0. The molecule has 0 aromatic heterocycles. The minimum absolute atomic E-state index is 0.423. The second kappa shape index (κ2) is 8.72. The van der Waals surface area contributed by atoms with E-state index in [0.717, 1.165) is 19.5 Å². The van der Waals surface area contributed by atoms with Gasteiger partial charge in [-0.15, -0.1) is 0 Å². The Hall–Kier alpha value is -0.380. The summed E-state index contributed by atoms with van der Waals surface area (Å²) in [6, 6.07) is 9.59. The lowest BCUT2D eigenvalue weighted by atomic mass is 10.0. The molecule has 108 valence electrons. The first kappa shape index (κ1) is 16.7. The van der Waals surface area contributed by atoms with Gasteiger partial charge in [0, 0.05) is 16.6 Å². The summed E-state index contributed by atoms with van der Waals surface area (Å²) in [5.41, 5.74) is 1.36. The average molecular weight is 327 g/mol. The Kier molecular flexibility index (Phi) is 7.66. The zero-order valence-electron chi connectivity index (χ0n) is 12.6. The third-order valence-electron chi connectivity index (χ3n) is 3.84. The van der Waals surface area contributed by atoms with Gasteiger partial charge in [-0.25, -0.2) is 0 Å². The first-order chi connectivity index (χ1) is 9.10. The van der Waals surface area contributed by atoms with E-state index in [9.17, 15) is 0 Å². The fourth-order valence-electron chi connectivity index (χ4n) is 2.24. The van der Waals surface area contributed by atoms with Crippen molar-refractivity contribution in [3.63, 3.8) is 0 Å². The summed E-state index contributed by atoms with van der Waals surface area (Å²) >= 11 is 3.66. The van der Waals surface area contributed by atoms with Crippen LogP contribution in [0.2, 0.25) is 0 Å². The Morgan fingerprint density at radius 1 is 1.26 bits per heavy atom. The predicted octanol–water partition coefficient (Wildman–Crippen LogP) is 4.22. The molecule has 0 radical (unpaired) electrons. The van der Waals surface area contributed by atoms with Crippen LogP contribution >= 0.6 is 15.9 Å². The molecule has 0 spiro atoms. The van der Waals surface area contributed by atoms with Crippen LogP contribution in [0.5, 0.6) is 0 Å². The molecule has 0 bridgehead atoms. The Morgan fingerprint density at radius 3 is 2.53 bits per heavy atom. The van der Waals surface area contributed by atoms with Crippen LogP contribution < -0.4 is 5.32 Å². The van der Waals surface area contributed by atoms with Gasteiger partial charge in [-0.2, -0.15) is 0 Å². The highest BCUT2D eigenvalue weighted by atomic mass is 79.9. The summed E-state index contributed by atoms with van der Waals surface area (Å²) < 4.78 is 1.20. The lowest BCUT2D eigenvalue weighted by Crippen LogP contribution is -2.32. The Balaban J connectivity index is 2.66. The molecular weight excluding hydrogens is 300 g/mol. The molecule has 0 heterocycles. The zero-order valence-corrected chi connectivity index (χ0v) is 14.2. The van der Waals surface area contributed by atoms with Crippen LogP contribution in [0.15, 0.2) is 28.7 Å². The Labute approximate surface area is 126 Å². The summed E-state index contributed by atoms with van der Waals surface area (Å²) in [5, 5.41) is 3.60. The number of rotatable bonds is 8. The first-order valence-corrected chi connectivity index (χ1v) is 8.07. The SMILES string of the molecule is CCNC(CCN(C)C(C)CC)c1ccccc1Br. The minimum atomic E-state index is 0.423. The fraction of sp³-hybridized carbons (Fsp3) is 0.625. The molecule has 0 amide bonds. The summed E-state index contributed by atoms with van der Waals surface area (Å²) in [6.07, 6.45) is 2.34. The van der Waals surface area contributed by atoms with Crippen LogP contribution in [-0.2, 0) is 0 Å². The highest BCUT2D eigenvalue weighted by Crippen LogP contribution is 2.25. The molecular formula is C16H27BrN2. The number of hydrogen-bond donors (Lipinski definition) is 1. The molecule has 0 saturated carbocycles. The predicted molar refractivity (Wildman–Crippen MR) is 87.6 cm³/mol. The molecule has 0 aliphatic carbocycles. The van der Waals surface area contributed by atoms with E-state index in [2.05, 4.69) is 78.2 Å². The van der Waals surface area contributed by atoms with Crippen LogP contribution in [0.1, 0.15) is 45.2 Å². The van der Waals surface area contributed by atoms with E-state index in [-0.39, 0.29) is 0 Å². The second-order valence-corrected chi connectivity index (χ2v) is 6.01. The van der Waals surface area contributed by atoms with Gasteiger partial charge in [0.05, 0.1) is 0 Å². The van der Waals surface area contributed by atoms with Crippen molar-refractivity contribution in [3.8, 4) is 0 Å². The van der Waals surface area contributed by atoms with Crippen molar-refractivity contribution in [2.24, 2.45) is 0 Å². The number of nitrogens with one attached hydrogen (secondary N) is 1. The van der Waals surface area contributed by atoms with Crippen molar-refractivity contribution < 1.29 is 0 Å². The highest BCUT2D eigenvalue weighted by molar-refractivity contribution is 9.10. The van der Waals surface area contributed by atoms with Gasteiger partial charge < -0.3 is 10.2 Å². The van der Waals surface area contributed by atoms with E-state index < -0.39 is 0 Å². The van der Waals surface area contributed by atoms with E-state index in [4.69, 9.17) is 0 Å². The largest absolute Gasteiger partial charge is 0.310 e. The molecule has 0 aliphatic rings. The van der Waals surface area contributed by atoms with E-state index in [1.807, 2.05) is 0 Å². The molecule has 1 aromatic rings. The summed E-state index contributed by atoms with van der Waals surface area (Å²) in [4.78, 5) is 2.45. The Bertz CT molecular complexity index is 368. The lowest BCUT2D eigenvalue weighted by Gasteiger charge is -2.27. The fourth-order valence-corrected chi connectivity index (χ4v) is 2.80. The van der Waals surface area contributed by atoms with Gasteiger partial charge in [0.25, 0.3) is 0 Å². The minimum Gasteiger partial charge on any atom is -0.310 e. The third kappa shape index (κ3) is 5.25. The molecule has 1 aromatic carbocycles. The topological polar surface area (TPSA) is 15.3 Å².